The molecule has 3 heterocycles. The number of likely N-dealkylation sites (tertiary alicyclic amines) is 1. The first-order chi connectivity index (χ1) is 20.1. The Morgan fingerprint density at radius 2 is 1.95 bits per heavy atom. The minimum absolute atomic E-state index is 0.0591. The van der Waals surface area contributed by atoms with Gasteiger partial charge in [0.25, 0.3) is 0 Å². The first-order valence-corrected chi connectivity index (χ1v) is 16.8. The van der Waals surface area contributed by atoms with E-state index >= 15 is 0 Å². The van der Waals surface area contributed by atoms with Gasteiger partial charge in [-0.2, -0.15) is 13.2 Å². The molecule has 2 aliphatic rings. The third-order valence-corrected chi connectivity index (χ3v) is 12.3. The number of ether oxygens (including phenoxy) is 1. The van der Waals surface area contributed by atoms with Crippen molar-refractivity contribution in [3.05, 3.63) is 46.8 Å². The molecule has 2 saturated heterocycles. The lowest BCUT2D eigenvalue weighted by Gasteiger charge is -2.33. The zero-order valence-corrected chi connectivity index (χ0v) is 24.9. The van der Waals surface area contributed by atoms with Gasteiger partial charge in [-0.3, -0.25) is 0 Å². The van der Waals surface area contributed by atoms with Gasteiger partial charge < -0.3 is 24.8 Å². The van der Waals surface area contributed by atoms with Crippen molar-refractivity contribution in [1.29, 1.82) is 0 Å². The number of nitrogens with one attached hydrogen (secondary N) is 2. The molecule has 1 unspecified atom stereocenters. The lowest BCUT2D eigenvalue weighted by atomic mass is 10.0. The Labute approximate surface area is 246 Å². The third-order valence-electron chi connectivity index (χ3n) is 7.78. The molecule has 2 aliphatic heterocycles. The van der Waals surface area contributed by atoms with E-state index in [2.05, 4.69) is 22.5 Å². The molecule has 0 spiro atoms. The highest BCUT2D eigenvalue weighted by Crippen LogP contribution is 2.51. The first-order valence-electron chi connectivity index (χ1n) is 13.9. The van der Waals surface area contributed by atoms with Crippen LogP contribution in [0.1, 0.15) is 29.7 Å². The van der Waals surface area contributed by atoms with Gasteiger partial charge >= 0.3 is 6.18 Å². The lowest BCUT2D eigenvalue weighted by molar-refractivity contribution is -0.126. The van der Waals surface area contributed by atoms with Gasteiger partial charge in [0.05, 0.1) is 40.0 Å². The van der Waals surface area contributed by atoms with E-state index < -0.39 is 38.8 Å². The predicted octanol–water partition coefficient (Wildman–Crippen LogP) is 7.01. The zero-order valence-electron chi connectivity index (χ0n) is 23.2. The van der Waals surface area contributed by atoms with E-state index in [4.69, 9.17) is 4.74 Å². The predicted molar refractivity (Wildman–Crippen MR) is 161 cm³/mol. The summed E-state index contributed by atoms with van der Waals surface area (Å²) in [4.78, 5) is 2.20. The summed E-state index contributed by atoms with van der Waals surface area (Å²) >= 11 is 1.15. The average molecular weight is 626 g/mol. The van der Waals surface area contributed by atoms with Crippen LogP contribution in [0.25, 0.3) is 10.1 Å². The molecule has 226 valence electrons. The van der Waals surface area contributed by atoms with E-state index in [1.54, 1.807) is 36.4 Å². The first kappa shape index (κ1) is 30.7. The number of alkyl halides is 5. The van der Waals surface area contributed by atoms with Crippen molar-refractivity contribution in [2.75, 3.05) is 56.5 Å². The van der Waals surface area contributed by atoms with Gasteiger partial charge in [-0.15, -0.1) is 11.3 Å². The van der Waals surface area contributed by atoms with Crippen LogP contribution in [-0.4, -0.2) is 69.2 Å². The fourth-order valence-corrected chi connectivity index (χ4v) is 9.72. The number of benzene rings is 2. The molecule has 2 N–H and O–H groups in total. The van der Waals surface area contributed by atoms with Crippen molar-refractivity contribution in [1.82, 2.24) is 4.90 Å². The molecule has 0 bridgehead atoms. The summed E-state index contributed by atoms with van der Waals surface area (Å²) in [6, 6.07) is 9.67. The second-order valence-electron chi connectivity index (χ2n) is 10.8. The van der Waals surface area contributed by atoms with E-state index in [-0.39, 0.29) is 22.7 Å². The summed E-state index contributed by atoms with van der Waals surface area (Å²) in [5, 5.41) is 7.38. The van der Waals surface area contributed by atoms with Crippen LogP contribution in [0.3, 0.4) is 0 Å². The number of anilines is 2. The molecule has 2 aromatic carbocycles. The highest BCUT2D eigenvalue weighted by molar-refractivity contribution is 7.71. The summed E-state index contributed by atoms with van der Waals surface area (Å²) in [5.41, 5.74) is 1.14. The fourth-order valence-electron chi connectivity index (χ4n) is 5.64. The van der Waals surface area contributed by atoms with Crippen molar-refractivity contribution in [3.8, 4) is 17.6 Å². The maximum absolute atomic E-state index is 14.7. The van der Waals surface area contributed by atoms with Gasteiger partial charge in [0.15, 0.2) is 0 Å². The van der Waals surface area contributed by atoms with Crippen molar-refractivity contribution < 1.29 is 31.3 Å². The van der Waals surface area contributed by atoms with Gasteiger partial charge in [0.1, 0.15) is 19.1 Å². The Morgan fingerprint density at radius 1 is 1.17 bits per heavy atom. The number of nitrogens with zero attached hydrogens (tertiary/aromatic N) is 1. The van der Waals surface area contributed by atoms with Crippen molar-refractivity contribution in [2.45, 2.75) is 44.1 Å². The highest BCUT2D eigenvalue weighted by atomic mass is 32.1. The molecule has 0 radical (unpaired) electrons. The Bertz CT molecular complexity index is 1520. The molecule has 0 saturated carbocycles. The fraction of sp³-hybridized carbons (Fsp3) is 0.467. The minimum atomic E-state index is -4.44. The molecule has 42 heavy (non-hydrogen) atoms. The van der Waals surface area contributed by atoms with Crippen LogP contribution in [-0.2, 0) is 11.0 Å². The largest absolute Gasteiger partial charge is 0.461 e. The van der Waals surface area contributed by atoms with E-state index in [9.17, 15) is 26.5 Å². The molecule has 12 heteroatoms. The van der Waals surface area contributed by atoms with Crippen molar-refractivity contribution >= 4 is 45.2 Å². The molecule has 3 aromatic rings. The molecule has 5 nitrogen and oxygen atoms in total. The van der Waals surface area contributed by atoms with Gasteiger partial charge in [0.2, 0.25) is 6.86 Å². The summed E-state index contributed by atoms with van der Waals surface area (Å²) in [7, 11) is -0.645. The van der Waals surface area contributed by atoms with Crippen molar-refractivity contribution in [2.24, 2.45) is 0 Å². The topological polar surface area (TPSA) is 53.6 Å². The average Bonchev–Trinajstić information content (AvgIpc) is 3.53. The normalized spacial score (nSPS) is 20.7. The summed E-state index contributed by atoms with van der Waals surface area (Å²) in [6.07, 6.45) is -3.05. The Kier molecular flexibility index (Phi) is 9.36. The smallest absolute Gasteiger partial charge is 0.393 e. The second-order valence-corrected chi connectivity index (χ2v) is 15.0. The van der Waals surface area contributed by atoms with Crippen LogP contribution in [0.5, 0.6) is 5.75 Å². The molecule has 0 aliphatic carbocycles. The molecular weight excluding hydrogens is 592 g/mol. The van der Waals surface area contributed by atoms with Crippen molar-refractivity contribution in [3.63, 3.8) is 0 Å². The van der Waals surface area contributed by atoms with Gasteiger partial charge in [-0.05, 0) is 61.5 Å². The standard InChI is InChI=1S/C30H33F5N3O2PS/c1-38-13-11-24(23(32)18-38)37-26-7-4-6-21-22(17-30(33,34)35)28(42-29(21)26)8-5-12-36-25-10-9-20(16-27(25)40-19-31)41(39)14-2-3-15-41/h4,6-7,9-10,16,23-24,36-37H,2-3,11-15,17-19H2,1H3/t23-,24?/m1/s1. The molecular formula is C30H33F5N3O2PS. The molecule has 5 rings (SSSR count). The molecule has 1 aromatic heterocycles. The molecule has 0 amide bonds. The minimum Gasteiger partial charge on any atom is -0.461 e. The van der Waals surface area contributed by atoms with E-state index in [0.717, 1.165) is 30.7 Å². The highest BCUT2D eigenvalue weighted by Gasteiger charge is 2.32. The molecule has 2 atom stereocenters. The second kappa shape index (κ2) is 12.8. The Hall–Kier alpha value is -2.80. The maximum atomic E-state index is 14.7. The summed E-state index contributed by atoms with van der Waals surface area (Å²) in [5.74, 6) is 6.00. The van der Waals surface area contributed by atoms with Gasteiger partial charge in [-0.1, -0.05) is 24.0 Å². The van der Waals surface area contributed by atoms with Gasteiger partial charge in [0, 0.05) is 30.7 Å². The van der Waals surface area contributed by atoms with Crippen LogP contribution in [0.4, 0.5) is 33.3 Å². The van der Waals surface area contributed by atoms with Crippen LogP contribution in [0, 0.1) is 11.8 Å². The van der Waals surface area contributed by atoms with Crippen LogP contribution >= 0.6 is 18.5 Å². The summed E-state index contributed by atoms with van der Waals surface area (Å²) < 4.78 is 87.5. The van der Waals surface area contributed by atoms with Crippen LogP contribution in [0.15, 0.2) is 36.4 Å². The number of rotatable bonds is 8. The monoisotopic (exact) mass is 625 g/mol. The molecule has 2 fully saturated rings. The number of piperidine rings is 1. The Morgan fingerprint density at radius 3 is 2.67 bits per heavy atom. The third kappa shape index (κ3) is 7.04. The van der Waals surface area contributed by atoms with Crippen LogP contribution < -0.4 is 20.7 Å². The summed E-state index contributed by atoms with van der Waals surface area (Å²) in [6.45, 7) is 0.0142. The Balaban J connectivity index is 1.38. The van der Waals surface area contributed by atoms with Crippen LogP contribution in [0.2, 0.25) is 0 Å². The van der Waals surface area contributed by atoms with E-state index in [1.165, 1.54) is 0 Å². The number of thiophene rings is 1. The number of halogens is 5. The SMILES string of the molecule is CN1CCC(Nc2cccc3c(CC(F)(F)F)c(C#CCNc4ccc(P5(=O)CCCC5)cc4OCF)sc23)[C@H](F)C1. The van der Waals surface area contributed by atoms with Gasteiger partial charge in [-0.25, -0.2) is 8.78 Å². The maximum Gasteiger partial charge on any atom is 0.393 e. The number of hydrogen-bond donors (Lipinski definition) is 2. The van der Waals surface area contributed by atoms with E-state index in [0.29, 0.717) is 52.1 Å². The number of hydrogen-bond acceptors (Lipinski definition) is 6. The van der Waals surface area contributed by atoms with E-state index in [1.807, 2.05) is 11.9 Å². The zero-order chi connectivity index (χ0) is 29.9. The quantitative estimate of drug-likeness (QED) is 0.160. The lowest BCUT2D eigenvalue weighted by Crippen LogP contribution is -2.46. The number of fused-ring (bicyclic) bond motifs is 1.